The third kappa shape index (κ3) is 3.52. The molecule has 0 bridgehead atoms. The van der Waals surface area contributed by atoms with Gasteiger partial charge < -0.3 is 14.4 Å². The van der Waals surface area contributed by atoms with Crippen molar-refractivity contribution in [3.05, 3.63) is 53.6 Å². The Bertz CT molecular complexity index is 973. The van der Waals surface area contributed by atoms with Crippen molar-refractivity contribution in [1.29, 1.82) is 0 Å². The van der Waals surface area contributed by atoms with Crippen molar-refractivity contribution in [2.45, 2.75) is 13.8 Å². The molecule has 3 aromatic rings. The Balaban J connectivity index is 1.77. The SMILES string of the molecule is Cc1cccc(OCC(=O)N=Nc2c(O)n(C)c3ccc(C)cc23)c1. The molecule has 1 aromatic heterocycles. The molecule has 6 heteroatoms. The van der Waals surface area contributed by atoms with Crippen LogP contribution < -0.4 is 4.74 Å². The average molecular weight is 337 g/mol. The first-order valence-corrected chi connectivity index (χ1v) is 7.88. The molecule has 0 aliphatic rings. The number of rotatable bonds is 4. The summed E-state index contributed by atoms with van der Waals surface area (Å²) >= 11 is 0. The van der Waals surface area contributed by atoms with Crippen LogP contribution >= 0.6 is 0 Å². The van der Waals surface area contributed by atoms with Crippen LogP contribution in [-0.2, 0) is 11.8 Å². The van der Waals surface area contributed by atoms with Crippen LogP contribution in [0.25, 0.3) is 10.9 Å². The second kappa shape index (κ2) is 6.76. The zero-order valence-electron chi connectivity index (χ0n) is 14.4. The highest BCUT2D eigenvalue weighted by atomic mass is 16.5. The molecule has 0 unspecified atom stereocenters. The number of amides is 1. The number of azo groups is 1. The van der Waals surface area contributed by atoms with E-state index in [9.17, 15) is 9.90 Å². The number of nitrogens with zero attached hydrogens (tertiary/aromatic N) is 3. The summed E-state index contributed by atoms with van der Waals surface area (Å²) in [6.07, 6.45) is 0. The third-order valence-corrected chi connectivity index (χ3v) is 3.91. The van der Waals surface area contributed by atoms with Crippen LogP contribution in [0.4, 0.5) is 5.69 Å². The minimum absolute atomic E-state index is 0.0308. The lowest BCUT2D eigenvalue weighted by molar-refractivity contribution is -0.120. The smallest absolute Gasteiger partial charge is 0.302 e. The molecule has 1 heterocycles. The van der Waals surface area contributed by atoms with E-state index < -0.39 is 5.91 Å². The number of carbonyl (C=O) groups is 1. The minimum Gasteiger partial charge on any atom is -0.493 e. The Morgan fingerprint density at radius 3 is 2.68 bits per heavy atom. The van der Waals surface area contributed by atoms with E-state index >= 15 is 0 Å². The summed E-state index contributed by atoms with van der Waals surface area (Å²) < 4.78 is 7.02. The van der Waals surface area contributed by atoms with Crippen molar-refractivity contribution in [2.75, 3.05) is 6.61 Å². The van der Waals surface area contributed by atoms with Gasteiger partial charge in [-0.1, -0.05) is 23.8 Å². The molecular formula is C19H19N3O3. The van der Waals surface area contributed by atoms with E-state index in [-0.39, 0.29) is 18.2 Å². The Labute approximate surface area is 145 Å². The van der Waals surface area contributed by atoms with E-state index in [1.165, 1.54) is 0 Å². The summed E-state index contributed by atoms with van der Waals surface area (Å²) in [7, 11) is 1.73. The Kier molecular flexibility index (Phi) is 4.52. The lowest BCUT2D eigenvalue weighted by atomic mass is 10.1. The molecule has 128 valence electrons. The van der Waals surface area contributed by atoms with Crippen LogP contribution in [0.1, 0.15) is 11.1 Å². The molecule has 25 heavy (non-hydrogen) atoms. The largest absolute Gasteiger partial charge is 0.493 e. The number of hydrogen-bond donors (Lipinski definition) is 1. The van der Waals surface area contributed by atoms with Gasteiger partial charge in [0.05, 0.1) is 5.52 Å². The maximum absolute atomic E-state index is 11.9. The molecule has 0 fully saturated rings. The summed E-state index contributed by atoms with van der Waals surface area (Å²) in [6.45, 7) is 3.68. The number of hydrogen-bond acceptors (Lipinski definition) is 4. The molecule has 2 aromatic carbocycles. The van der Waals surface area contributed by atoms with Gasteiger partial charge in [0.25, 0.3) is 0 Å². The van der Waals surface area contributed by atoms with Crippen molar-refractivity contribution in [2.24, 2.45) is 17.3 Å². The van der Waals surface area contributed by atoms with Crippen molar-refractivity contribution >= 4 is 22.5 Å². The van der Waals surface area contributed by atoms with Crippen molar-refractivity contribution in [1.82, 2.24) is 4.57 Å². The van der Waals surface area contributed by atoms with E-state index in [4.69, 9.17) is 4.74 Å². The summed E-state index contributed by atoms with van der Waals surface area (Å²) in [4.78, 5) is 11.9. The minimum atomic E-state index is -0.523. The Morgan fingerprint density at radius 1 is 1.16 bits per heavy atom. The van der Waals surface area contributed by atoms with Gasteiger partial charge in [0.2, 0.25) is 5.88 Å². The predicted octanol–water partition coefficient (Wildman–Crippen LogP) is 4.19. The predicted molar refractivity (Wildman–Crippen MR) is 95.5 cm³/mol. The first-order valence-electron chi connectivity index (χ1n) is 7.88. The molecule has 0 saturated heterocycles. The van der Waals surface area contributed by atoms with Crippen LogP contribution in [0.5, 0.6) is 11.6 Å². The van der Waals surface area contributed by atoms with E-state index in [0.29, 0.717) is 5.75 Å². The number of benzene rings is 2. The van der Waals surface area contributed by atoms with Gasteiger partial charge in [0.15, 0.2) is 12.3 Å². The number of ether oxygens (including phenoxy) is 1. The summed E-state index contributed by atoms with van der Waals surface area (Å²) in [5, 5.41) is 18.6. The average Bonchev–Trinajstić information content (AvgIpc) is 2.82. The second-order valence-corrected chi connectivity index (χ2v) is 5.95. The standard InChI is InChI=1S/C19H19N3O3/c1-12-5-4-6-14(9-12)25-11-17(23)20-21-18-15-10-13(2)7-8-16(15)22(3)19(18)24/h4-10,24H,11H2,1-3H3. The summed E-state index contributed by atoms with van der Waals surface area (Å²) in [5.74, 6) is 0.0505. The monoisotopic (exact) mass is 337 g/mol. The highest BCUT2D eigenvalue weighted by Gasteiger charge is 2.14. The maximum atomic E-state index is 11.9. The van der Waals surface area contributed by atoms with Crippen molar-refractivity contribution in [3.8, 4) is 11.6 Å². The fourth-order valence-corrected chi connectivity index (χ4v) is 2.61. The van der Waals surface area contributed by atoms with Crippen LogP contribution in [0.15, 0.2) is 52.7 Å². The normalized spacial score (nSPS) is 11.3. The molecule has 1 amide bonds. The molecule has 6 nitrogen and oxygen atoms in total. The molecule has 0 saturated carbocycles. The molecule has 3 rings (SSSR count). The Morgan fingerprint density at radius 2 is 1.92 bits per heavy atom. The van der Waals surface area contributed by atoms with Gasteiger partial charge in [-0.2, -0.15) is 0 Å². The van der Waals surface area contributed by atoms with E-state index in [2.05, 4.69) is 10.2 Å². The first kappa shape index (κ1) is 16.7. The molecule has 0 aliphatic heterocycles. The molecule has 0 spiro atoms. The lowest BCUT2D eigenvalue weighted by Crippen LogP contribution is -2.07. The van der Waals surface area contributed by atoms with Gasteiger partial charge in [-0.3, -0.25) is 4.79 Å². The van der Waals surface area contributed by atoms with Gasteiger partial charge >= 0.3 is 5.91 Å². The molecule has 0 radical (unpaired) electrons. The fraction of sp³-hybridized carbons (Fsp3) is 0.211. The van der Waals surface area contributed by atoms with Crippen LogP contribution in [-0.4, -0.2) is 22.2 Å². The van der Waals surface area contributed by atoms with E-state index in [0.717, 1.165) is 22.0 Å². The third-order valence-electron chi connectivity index (χ3n) is 3.91. The number of fused-ring (bicyclic) bond motifs is 1. The highest BCUT2D eigenvalue weighted by molar-refractivity contribution is 5.95. The van der Waals surface area contributed by atoms with E-state index in [1.54, 1.807) is 17.7 Å². The van der Waals surface area contributed by atoms with Gasteiger partial charge in [0.1, 0.15) is 5.75 Å². The van der Waals surface area contributed by atoms with Crippen molar-refractivity contribution < 1.29 is 14.6 Å². The quantitative estimate of drug-likeness (QED) is 0.725. The van der Waals surface area contributed by atoms with Crippen LogP contribution in [0.2, 0.25) is 0 Å². The molecule has 0 aliphatic carbocycles. The highest BCUT2D eigenvalue weighted by Crippen LogP contribution is 2.38. The number of aryl methyl sites for hydroxylation is 3. The molecule has 1 N–H and O–H groups in total. The van der Waals surface area contributed by atoms with Gasteiger partial charge in [0, 0.05) is 12.4 Å². The maximum Gasteiger partial charge on any atom is 0.302 e. The van der Waals surface area contributed by atoms with Gasteiger partial charge in [-0.15, -0.1) is 10.2 Å². The zero-order valence-corrected chi connectivity index (χ0v) is 14.4. The van der Waals surface area contributed by atoms with Crippen LogP contribution in [0.3, 0.4) is 0 Å². The topological polar surface area (TPSA) is 76.2 Å². The molecule has 0 atom stereocenters. The zero-order chi connectivity index (χ0) is 18.0. The van der Waals surface area contributed by atoms with Crippen LogP contribution in [0, 0.1) is 13.8 Å². The number of carbonyl (C=O) groups excluding carboxylic acids is 1. The number of aromatic hydroxyl groups is 1. The second-order valence-electron chi connectivity index (χ2n) is 5.95. The summed E-state index contributed by atoms with van der Waals surface area (Å²) in [5.41, 5.74) is 3.18. The van der Waals surface area contributed by atoms with Gasteiger partial charge in [-0.05, 0) is 43.7 Å². The number of aromatic nitrogens is 1. The van der Waals surface area contributed by atoms with E-state index in [1.807, 2.05) is 50.2 Å². The van der Waals surface area contributed by atoms with Gasteiger partial charge in [-0.25, -0.2) is 0 Å². The summed E-state index contributed by atoms with van der Waals surface area (Å²) in [6, 6.07) is 13.2. The fourth-order valence-electron chi connectivity index (χ4n) is 2.61. The first-order chi connectivity index (χ1) is 12.0. The van der Waals surface area contributed by atoms with Crippen molar-refractivity contribution in [3.63, 3.8) is 0 Å². The molecular weight excluding hydrogens is 318 g/mol. The lowest BCUT2D eigenvalue weighted by Gasteiger charge is -2.03. The Hall–Kier alpha value is -3.15.